The number of nitrogens with zero attached hydrogens (tertiary/aromatic N) is 1. The maximum absolute atomic E-state index is 12.5. The first-order valence-electron chi connectivity index (χ1n) is 10.5. The lowest BCUT2D eigenvalue weighted by atomic mass is 10.0. The van der Waals surface area contributed by atoms with Crippen LogP contribution >= 0.6 is 0 Å². The largest absolute Gasteiger partial charge is 0.490 e. The standard InChI is InChI=1S/C23H31N3O4/c1-5-29-22(28)18-14(2)25-16-11-8-12-17(19(16)20(18)24)30-13-23(3,4)26-21(27)15-9-6-7-10-15/h8,11-12,15H,5-7,9-10,13H2,1-4H3,(H2,24,25)(H,26,27). The van der Waals surface area contributed by atoms with Gasteiger partial charge in [0.2, 0.25) is 5.91 Å². The Morgan fingerprint density at radius 2 is 1.97 bits per heavy atom. The Morgan fingerprint density at radius 1 is 1.27 bits per heavy atom. The quantitative estimate of drug-likeness (QED) is 0.670. The van der Waals surface area contributed by atoms with Gasteiger partial charge in [-0.05, 0) is 52.7 Å². The van der Waals surface area contributed by atoms with Gasteiger partial charge in [0.05, 0.1) is 34.4 Å². The van der Waals surface area contributed by atoms with Crippen LogP contribution in [-0.4, -0.2) is 35.6 Å². The van der Waals surface area contributed by atoms with Crippen LogP contribution in [0.5, 0.6) is 5.75 Å². The van der Waals surface area contributed by atoms with Gasteiger partial charge in [0.15, 0.2) is 0 Å². The maximum atomic E-state index is 12.5. The van der Waals surface area contributed by atoms with Gasteiger partial charge in [-0.25, -0.2) is 4.79 Å². The van der Waals surface area contributed by atoms with Gasteiger partial charge in [-0.3, -0.25) is 9.78 Å². The van der Waals surface area contributed by atoms with E-state index in [1.807, 2.05) is 26.0 Å². The van der Waals surface area contributed by atoms with E-state index in [0.717, 1.165) is 25.7 Å². The molecule has 1 aliphatic rings. The van der Waals surface area contributed by atoms with Crippen LogP contribution in [0.3, 0.4) is 0 Å². The topological polar surface area (TPSA) is 104 Å². The zero-order valence-electron chi connectivity index (χ0n) is 18.2. The third kappa shape index (κ3) is 4.66. The highest BCUT2D eigenvalue weighted by molar-refractivity contribution is 6.07. The van der Waals surface area contributed by atoms with Gasteiger partial charge in [-0.2, -0.15) is 0 Å². The molecule has 3 N–H and O–H groups in total. The van der Waals surface area contributed by atoms with E-state index in [-0.39, 0.29) is 30.6 Å². The lowest BCUT2D eigenvalue weighted by molar-refractivity contribution is -0.126. The van der Waals surface area contributed by atoms with Crippen molar-refractivity contribution in [3.8, 4) is 5.75 Å². The minimum absolute atomic E-state index is 0.0837. The molecule has 0 aliphatic heterocycles. The summed E-state index contributed by atoms with van der Waals surface area (Å²) in [7, 11) is 0. The highest BCUT2D eigenvalue weighted by Gasteiger charge is 2.29. The molecule has 1 aliphatic carbocycles. The first-order chi connectivity index (χ1) is 14.2. The van der Waals surface area contributed by atoms with Crippen molar-refractivity contribution in [2.45, 2.75) is 58.9 Å². The first kappa shape index (κ1) is 21.9. The summed E-state index contributed by atoms with van der Waals surface area (Å²) in [5, 5.41) is 3.67. The van der Waals surface area contributed by atoms with Crippen LogP contribution in [0.2, 0.25) is 0 Å². The van der Waals surface area contributed by atoms with Crippen molar-refractivity contribution in [3.05, 3.63) is 29.5 Å². The fraction of sp³-hybridized carbons (Fsp3) is 0.522. The number of nitrogens with two attached hydrogens (primary N) is 1. The second-order valence-electron chi connectivity index (χ2n) is 8.50. The maximum Gasteiger partial charge on any atom is 0.342 e. The predicted molar refractivity (Wildman–Crippen MR) is 117 cm³/mol. The molecule has 0 saturated heterocycles. The summed E-state index contributed by atoms with van der Waals surface area (Å²) in [5.41, 5.74) is 7.51. The van der Waals surface area contributed by atoms with Crippen molar-refractivity contribution < 1.29 is 19.1 Å². The normalized spacial score (nSPS) is 14.7. The van der Waals surface area contributed by atoms with Crippen LogP contribution < -0.4 is 15.8 Å². The highest BCUT2D eigenvalue weighted by Crippen LogP contribution is 2.34. The highest BCUT2D eigenvalue weighted by atomic mass is 16.5. The van der Waals surface area contributed by atoms with Gasteiger partial charge in [0.1, 0.15) is 17.9 Å². The molecule has 0 bridgehead atoms. The molecule has 30 heavy (non-hydrogen) atoms. The molecule has 1 amide bonds. The van der Waals surface area contributed by atoms with Crippen molar-refractivity contribution in [2.24, 2.45) is 5.92 Å². The van der Waals surface area contributed by atoms with E-state index in [1.54, 1.807) is 19.9 Å². The Hall–Kier alpha value is -2.83. The van der Waals surface area contributed by atoms with E-state index in [1.165, 1.54) is 0 Å². The minimum atomic E-state index is -0.557. The zero-order valence-corrected chi connectivity index (χ0v) is 18.2. The van der Waals surface area contributed by atoms with E-state index < -0.39 is 11.5 Å². The molecular weight excluding hydrogens is 382 g/mol. The zero-order chi connectivity index (χ0) is 21.9. The van der Waals surface area contributed by atoms with Gasteiger partial charge in [0, 0.05) is 5.92 Å². The van der Waals surface area contributed by atoms with Crippen LogP contribution in [0.4, 0.5) is 5.69 Å². The number of carbonyl (C=O) groups is 2. The van der Waals surface area contributed by atoms with Crippen molar-refractivity contribution in [2.75, 3.05) is 18.9 Å². The van der Waals surface area contributed by atoms with E-state index in [4.69, 9.17) is 15.2 Å². The van der Waals surface area contributed by atoms with Crippen LogP contribution in [0.15, 0.2) is 18.2 Å². The number of aryl methyl sites for hydroxylation is 1. The van der Waals surface area contributed by atoms with Crippen molar-refractivity contribution in [1.29, 1.82) is 0 Å². The Balaban J connectivity index is 1.84. The van der Waals surface area contributed by atoms with E-state index in [0.29, 0.717) is 28.0 Å². The van der Waals surface area contributed by atoms with E-state index in [9.17, 15) is 9.59 Å². The van der Waals surface area contributed by atoms with Gasteiger partial charge in [-0.1, -0.05) is 18.9 Å². The molecule has 162 valence electrons. The molecule has 1 saturated carbocycles. The molecule has 3 rings (SSSR count). The molecular formula is C23H31N3O4. The van der Waals surface area contributed by atoms with Gasteiger partial charge in [0.25, 0.3) is 0 Å². The third-order valence-corrected chi connectivity index (χ3v) is 5.45. The van der Waals surface area contributed by atoms with Crippen molar-refractivity contribution in [1.82, 2.24) is 10.3 Å². The summed E-state index contributed by atoms with van der Waals surface area (Å²) in [4.78, 5) is 29.4. The van der Waals surface area contributed by atoms with Crippen LogP contribution in [0, 0.1) is 12.8 Å². The molecule has 0 atom stereocenters. The summed E-state index contributed by atoms with van der Waals surface area (Å²) in [6.07, 6.45) is 4.12. The molecule has 2 aromatic rings. The molecule has 7 heteroatoms. The van der Waals surface area contributed by atoms with Crippen LogP contribution in [0.25, 0.3) is 10.9 Å². The summed E-state index contributed by atoms with van der Waals surface area (Å²) in [6.45, 7) is 7.85. The Labute approximate surface area is 177 Å². The average Bonchev–Trinajstić information content (AvgIpc) is 3.21. The van der Waals surface area contributed by atoms with Gasteiger partial charge < -0.3 is 20.5 Å². The number of nitrogen functional groups attached to an aromatic ring is 1. The number of esters is 1. The predicted octanol–water partition coefficient (Wildman–Crippen LogP) is 3.77. The SMILES string of the molecule is CCOC(=O)c1c(C)nc2cccc(OCC(C)(C)NC(=O)C3CCCC3)c2c1N. The Bertz CT molecular complexity index is 949. The summed E-state index contributed by atoms with van der Waals surface area (Å²) in [6, 6.07) is 5.45. The van der Waals surface area contributed by atoms with E-state index in [2.05, 4.69) is 10.3 Å². The molecule has 0 unspecified atom stereocenters. The molecule has 7 nitrogen and oxygen atoms in total. The first-order valence-corrected chi connectivity index (χ1v) is 10.5. The molecule has 0 radical (unpaired) electrons. The average molecular weight is 414 g/mol. The lowest BCUT2D eigenvalue weighted by Crippen LogP contribution is -2.49. The van der Waals surface area contributed by atoms with Crippen LogP contribution in [0.1, 0.15) is 62.5 Å². The molecule has 1 aromatic carbocycles. The number of rotatable bonds is 7. The van der Waals surface area contributed by atoms with Crippen molar-refractivity contribution >= 4 is 28.5 Å². The third-order valence-electron chi connectivity index (χ3n) is 5.45. The smallest absolute Gasteiger partial charge is 0.342 e. The monoisotopic (exact) mass is 413 g/mol. The minimum Gasteiger partial charge on any atom is -0.490 e. The molecule has 0 spiro atoms. The number of anilines is 1. The fourth-order valence-corrected chi connectivity index (χ4v) is 3.94. The fourth-order valence-electron chi connectivity index (χ4n) is 3.94. The van der Waals surface area contributed by atoms with Gasteiger partial charge in [-0.15, -0.1) is 0 Å². The Morgan fingerprint density at radius 3 is 2.63 bits per heavy atom. The summed E-state index contributed by atoms with van der Waals surface area (Å²) in [5.74, 6) is 0.198. The number of hydrogen-bond acceptors (Lipinski definition) is 6. The summed E-state index contributed by atoms with van der Waals surface area (Å²) < 4.78 is 11.2. The summed E-state index contributed by atoms with van der Waals surface area (Å²) >= 11 is 0. The molecule has 1 heterocycles. The number of ether oxygens (including phenoxy) is 2. The number of hydrogen-bond donors (Lipinski definition) is 2. The Kier molecular flexibility index (Phi) is 6.48. The number of nitrogens with one attached hydrogen (secondary N) is 1. The van der Waals surface area contributed by atoms with Gasteiger partial charge >= 0.3 is 5.97 Å². The molecule has 1 fully saturated rings. The number of pyridine rings is 1. The lowest BCUT2D eigenvalue weighted by Gasteiger charge is -2.28. The number of aromatic nitrogens is 1. The van der Waals surface area contributed by atoms with Crippen molar-refractivity contribution in [3.63, 3.8) is 0 Å². The number of fused-ring (bicyclic) bond motifs is 1. The second-order valence-corrected chi connectivity index (χ2v) is 8.50. The van der Waals surface area contributed by atoms with E-state index >= 15 is 0 Å². The number of benzene rings is 1. The second kappa shape index (κ2) is 8.90. The number of carbonyl (C=O) groups excluding carboxylic acids is 2. The number of amides is 1. The molecule has 1 aromatic heterocycles. The van der Waals surface area contributed by atoms with Crippen LogP contribution in [-0.2, 0) is 9.53 Å².